The van der Waals surface area contributed by atoms with Crippen molar-refractivity contribution < 1.29 is 9.59 Å². The number of hydrogen-bond acceptors (Lipinski definition) is 3. The lowest BCUT2D eigenvalue weighted by Gasteiger charge is -2.37. The highest BCUT2D eigenvalue weighted by Gasteiger charge is 2.35. The van der Waals surface area contributed by atoms with Gasteiger partial charge in [-0.05, 0) is 55.8 Å². The first kappa shape index (κ1) is 21.4. The number of hydrogen-bond donors (Lipinski definition) is 2. The van der Waals surface area contributed by atoms with Gasteiger partial charge in [0.05, 0.1) is 6.54 Å². The van der Waals surface area contributed by atoms with E-state index in [4.69, 9.17) is 5.73 Å². The van der Waals surface area contributed by atoms with Crippen LogP contribution in [0.5, 0.6) is 0 Å². The topological polar surface area (TPSA) is 72.2 Å². The number of nitrogens with one attached hydrogen (secondary N) is 1. The highest BCUT2D eigenvalue weighted by Crippen LogP contribution is 2.39. The highest BCUT2D eigenvalue weighted by atomic mass is 16.2. The minimum absolute atomic E-state index is 0.0345. The molecule has 0 radical (unpaired) electrons. The number of nitrogens with two attached hydrogens (primary N) is 1. The van der Waals surface area contributed by atoms with Gasteiger partial charge in [-0.15, -0.1) is 0 Å². The zero-order chi connectivity index (χ0) is 19.1. The third kappa shape index (κ3) is 6.07. The minimum atomic E-state index is -0.0839. The molecule has 26 heavy (non-hydrogen) atoms. The molecule has 2 aliphatic carbocycles. The lowest BCUT2D eigenvalue weighted by atomic mass is 9.68. The monoisotopic (exact) mass is 364 g/mol. The summed E-state index contributed by atoms with van der Waals surface area (Å²) < 4.78 is 0. The van der Waals surface area contributed by atoms with Crippen molar-refractivity contribution in [3.8, 4) is 0 Å². The van der Waals surface area contributed by atoms with Crippen LogP contribution >= 0.6 is 0 Å². The Balaban J connectivity index is 1.96. The molecule has 2 saturated carbocycles. The van der Waals surface area contributed by atoms with E-state index in [1.807, 2.05) is 0 Å². The normalized spacial score (nSPS) is 28.7. The van der Waals surface area contributed by atoms with Gasteiger partial charge in [-0.3, -0.25) is 9.59 Å². The Hall–Kier alpha value is -0.900. The molecule has 2 rings (SSSR count). The fraction of sp³-hybridized carbons (Fsp3) is 0.909. The maximum Gasteiger partial charge on any atom is 0.233 e. The van der Waals surface area contributed by atoms with Gasteiger partial charge in [0.2, 0.25) is 5.91 Å². The molecule has 0 heterocycles. The molecule has 0 saturated heterocycles. The van der Waals surface area contributed by atoms with Crippen LogP contribution in [-0.4, -0.2) is 24.3 Å². The van der Waals surface area contributed by atoms with Crippen molar-refractivity contribution in [3.05, 3.63) is 0 Å². The lowest BCUT2D eigenvalue weighted by Crippen LogP contribution is -2.44. The maximum absolute atomic E-state index is 13.1. The van der Waals surface area contributed by atoms with E-state index in [-0.39, 0.29) is 24.4 Å². The summed E-state index contributed by atoms with van der Waals surface area (Å²) in [6.45, 7) is 6.83. The van der Waals surface area contributed by atoms with Crippen molar-refractivity contribution >= 4 is 11.7 Å². The summed E-state index contributed by atoms with van der Waals surface area (Å²) in [5, 5.41) is 3.12. The molecule has 0 aliphatic heterocycles. The zero-order valence-electron chi connectivity index (χ0n) is 17.1. The van der Waals surface area contributed by atoms with Crippen LogP contribution in [0.15, 0.2) is 0 Å². The fourth-order valence-electron chi connectivity index (χ4n) is 5.28. The Labute approximate surface area is 160 Å². The molecule has 2 aliphatic rings. The smallest absolute Gasteiger partial charge is 0.233 e. The van der Waals surface area contributed by atoms with Crippen molar-refractivity contribution in [3.63, 3.8) is 0 Å². The first-order valence-corrected chi connectivity index (χ1v) is 10.9. The number of Topliss-reactive ketones (excluding diaryl/α,β-unsaturated/α-hetero) is 1. The minimum Gasteiger partial charge on any atom is -0.352 e. The third-order valence-corrected chi connectivity index (χ3v) is 6.89. The first-order chi connectivity index (χ1) is 12.4. The van der Waals surface area contributed by atoms with Gasteiger partial charge in [0.15, 0.2) is 0 Å². The lowest BCUT2D eigenvalue weighted by molar-refractivity contribution is -0.128. The van der Waals surface area contributed by atoms with E-state index in [0.29, 0.717) is 35.9 Å². The van der Waals surface area contributed by atoms with Crippen molar-refractivity contribution in [1.82, 2.24) is 5.32 Å². The number of amides is 1. The van der Waals surface area contributed by atoms with Crippen molar-refractivity contribution in [2.24, 2.45) is 35.3 Å². The molecular weight excluding hydrogens is 324 g/mol. The number of carbonyl (C=O) groups excluding carboxylic acids is 2. The molecule has 0 aromatic rings. The van der Waals surface area contributed by atoms with Gasteiger partial charge in [0.25, 0.3) is 0 Å². The summed E-state index contributed by atoms with van der Waals surface area (Å²) in [7, 11) is 0. The molecule has 0 spiro atoms. The summed E-state index contributed by atoms with van der Waals surface area (Å²) in [6, 6.07) is 0.119. The molecular formula is C22H40N2O2. The van der Waals surface area contributed by atoms with E-state index in [0.717, 1.165) is 12.8 Å². The van der Waals surface area contributed by atoms with Gasteiger partial charge in [0.1, 0.15) is 5.78 Å². The molecule has 0 bridgehead atoms. The van der Waals surface area contributed by atoms with Crippen LogP contribution in [-0.2, 0) is 9.59 Å². The molecule has 2 fully saturated rings. The van der Waals surface area contributed by atoms with Crippen LogP contribution < -0.4 is 11.1 Å². The summed E-state index contributed by atoms with van der Waals surface area (Å²) in [6.07, 6.45) is 11.0. The van der Waals surface area contributed by atoms with Crippen LogP contribution in [0.4, 0.5) is 0 Å². The van der Waals surface area contributed by atoms with E-state index < -0.39 is 0 Å². The largest absolute Gasteiger partial charge is 0.352 e. The van der Waals surface area contributed by atoms with E-state index in [9.17, 15) is 9.59 Å². The second-order valence-electron chi connectivity index (χ2n) is 9.21. The zero-order valence-corrected chi connectivity index (χ0v) is 17.1. The molecule has 4 atom stereocenters. The summed E-state index contributed by atoms with van der Waals surface area (Å²) in [5.41, 5.74) is 5.51. The third-order valence-electron chi connectivity index (χ3n) is 6.89. The summed E-state index contributed by atoms with van der Waals surface area (Å²) in [4.78, 5) is 24.9. The predicted octanol–water partition coefficient (Wildman–Crippen LogP) is 4.07. The van der Waals surface area contributed by atoms with Gasteiger partial charge in [-0.1, -0.05) is 46.5 Å². The second kappa shape index (κ2) is 10.4. The summed E-state index contributed by atoms with van der Waals surface area (Å²) >= 11 is 0. The van der Waals surface area contributed by atoms with Gasteiger partial charge in [-0.2, -0.15) is 0 Å². The molecule has 4 heteroatoms. The van der Waals surface area contributed by atoms with Crippen LogP contribution in [0, 0.1) is 29.6 Å². The van der Waals surface area contributed by atoms with Crippen LogP contribution in [0.25, 0.3) is 0 Å². The standard InChI is InChI=1S/C22H40N2O2/c1-15(2)18-10-9-16(3)13-19(18)21(25)12-11-20(24-22(26)14-23)17-7-5-4-6-8-17/h15-20H,4-14,23H2,1-3H3,(H,24,26)/t16-,18+,19-,20-/m1/s1. The van der Waals surface area contributed by atoms with E-state index in [1.54, 1.807) is 0 Å². The maximum atomic E-state index is 13.1. The Bertz CT molecular complexity index is 457. The summed E-state index contributed by atoms with van der Waals surface area (Å²) in [5.74, 6) is 2.84. The Morgan fingerprint density at radius 2 is 1.77 bits per heavy atom. The van der Waals surface area contributed by atoms with E-state index >= 15 is 0 Å². The highest BCUT2D eigenvalue weighted by molar-refractivity contribution is 5.82. The molecule has 0 aromatic carbocycles. The molecule has 1 amide bonds. The number of ketones is 1. The van der Waals surface area contributed by atoms with Gasteiger partial charge >= 0.3 is 0 Å². The van der Waals surface area contributed by atoms with E-state index in [2.05, 4.69) is 26.1 Å². The average molecular weight is 365 g/mol. The second-order valence-corrected chi connectivity index (χ2v) is 9.21. The first-order valence-electron chi connectivity index (χ1n) is 10.9. The van der Waals surface area contributed by atoms with Crippen LogP contribution in [0.3, 0.4) is 0 Å². The van der Waals surface area contributed by atoms with E-state index in [1.165, 1.54) is 44.9 Å². The molecule has 0 unspecified atom stereocenters. The molecule has 4 nitrogen and oxygen atoms in total. The molecule has 150 valence electrons. The van der Waals surface area contributed by atoms with Gasteiger partial charge in [0, 0.05) is 18.4 Å². The quantitative estimate of drug-likeness (QED) is 0.682. The van der Waals surface area contributed by atoms with Crippen LogP contribution in [0.2, 0.25) is 0 Å². The Morgan fingerprint density at radius 3 is 2.38 bits per heavy atom. The Kier molecular flexibility index (Phi) is 8.59. The molecule has 3 N–H and O–H groups in total. The number of carbonyl (C=O) groups is 2. The van der Waals surface area contributed by atoms with Crippen molar-refractivity contribution in [2.45, 2.75) is 91.0 Å². The van der Waals surface area contributed by atoms with Crippen LogP contribution in [0.1, 0.15) is 85.0 Å². The molecule has 0 aromatic heterocycles. The predicted molar refractivity (Wildman–Crippen MR) is 107 cm³/mol. The van der Waals surface area contributed by atoms with Gasteiger partial charge < -0.3 is 11.1 Å². The average Bonchev–Trinajstić information content (AvgIpc) is 2.64. The SMILES string of the molecule is CC(C)[C@@H]1CC[C@@H](C)C[C@H]1C(=O)CC[C@@H](NC(=O)CN)C1CCCCC1. The van der Waals surface area contributed by atoms with Crippen molar-refractivity contribution in [2.75, 3.05) is 6.54 Å². The number of rotatable bonds is 8. The fourth-order valence-corrected chi connectivity index (χ4v) is 5.28. The van der Waals surface area contributed by atoms with Gasteiger partial charge in [-0.25, -0.2) is 0 Å². The van der Waals surface area contributed by atoms with Crippen molar-refractivity contribution in [1.29, 1.82) is 0 Å². The Morgan fingerprint density at radius 1 is 1.08 bits per heavy atom.